The molecule has 37 heavy (non-hydrogen) atoms. The highest BCUT2D eigenvalue weighted by molar-refractivity contribution is 6.51. The van der Waals surface area contributed by atoms with Crippen LogP contribution in [0, 0.1) is 23.2 Å². The fourth-order valence-corrected chi connectivity index (χ4v) is 5.92. The molecule has 2 saturated carbocycles. The van der Waals surface area contributed by atoms with Gasteiger partial charge in [-0.3, -0.25) is 19.2 Å². The summed E-state index contributed by atoms with van der Waals surface area (Å²) in [5, 5.41) is 5.31. The molecule has 1 aliphatic heterocycles. The van der Waals surface area contributed by atoms with E-state index in [4.69, 9.17) is 33.7 Å². The molecule has 0 aromatic rings. The van der Waals surface area contributed by atoms with Gasteiger partial charge in [0.2, 0.25) is 17.6 Å². The molecule has 3 rings (SSSR count). The highest BCUT2D eigenvalue weighted by Gasteiger charge is 2.74. The number of ether oxygens (including phenoxy) is 1. The fourth-order valence-electron chi connectivity index (χ4n) is 5.10. The van der Waals surface area contributed by atoms with Gasteiger partial charge in [-0.2, -0.15) is 0 Å². The van der Waals surface area contributed by atoms with Crippen LogP contribution < -0.4 is 16.4 Å². The Morgan fingerprint density at radius 1 is 1.05 bits per heavy atom. The molecule has 12 heteroatoms. The number of nitrogens with two attached hydrogens (primary N) is 1. The average molecular weight is 562 g/mol. The van der Waals surface area contributed by atoms with E-state index in [1.54, 1.807) is 41.5 Å². The van der Waals surface area contributed by atoms with E-state index in [0.29, 0.717) is 6.42 Å². The fraction of sp³-hybridized carbons (Fsp3) is 0.800. The summed E-state index contributed by atoms with van der Waals surface area (Å²) in [6.07, 6.45) is 2.34. The molecule has 1 heterocycles. The molecule has 1 saturated heterocycles. The molecule has 0 unspecified atom stereocenters. The van der Waals surface area contributed by atoms with Crippen molar-refractivity contribution in [1.29, 1.82) is 0 Å². The maximum Gasteiger partial charge on any atom is 0.408 e. The number of halogens is 2. The van der Waals surface area contributed by atoms with Crippen molar-refractivity contribution in [2.45, 2.75) is 95.3 Å². The minimum Gasteiger partial charge on any atom is -0.444 e. The van der Waals surface area contributed by atoms with Crippen molar-refractivity contribution in [3.63, 3.8) is 0 Å². The summed E-state index contributed by atoms with van der Waals surface area (Å²) >= 11 is 12.9. The number of alkyl carbamates (subject to hydrolysis) is 1. The lowest BCUT2D eigenvalue weighted by Gasteiger charge is -2.37. The van der Waals surface area contributed by atoms with Gasteiger partial charge < -0.3 is 26.0 Å². The average Bonchev–Trinajstić information content (AvgIpc) is 3.06. The second-order valence-electron chi connectivity index (χ2n) is 12.5. The molecule has 4 N–H and O–H groups in total. The summed E-state index contributed by atoms with van der Waals surface area (Å²) in [7, 11) is 0. The number of ketones is 1. The molecule has 208 valence electrons. The number of nitrogens with one attached hydrogen (secondary N) is 2. The maximum atomic E-state index is 13.8. The number of hydrogen-bond donors (Lipinski definition) is 3. The highest BCUT2D eigenvalue weighted by Crippen LogP contribution is 2.65. The largest absolute Gasteiger partial charge is 0.444 e. The van der Waals surface area contributed by atoms with Crippen LogP contribution in [0.25, 0.3) is 0 Å². The predicted molar refractivity (Wildman–Crippen MR) is 138 cm³/mol. The second-order valence-corrected chi connectivity index (χ2v) is 14.0. The number of amides is 4. The number of Topliss-reactive ketones (excluding diaryl/α,β-unsaturated/α-hetero) is 1. The quantitative estimate of drug-likeness (QED) is 0.306. The summed E-state index contributed by atoms with van der Waals surface area (Å²) in [4.78, 5) is 65.4. The number of hydrogen-bond acceptors (Lipinski definition) is 6. The van der Waals surface area contributed by atoms with Crippen LogP contribution in [-0.4, -0.2) is 69.1 Å². The number of carbonyl (C=O) groups excluding carboxylic acids is 5. The molecule has 3 aliphatic rings. The number of carbonyl (C=O) groups is 5. The van der Waals surface area contributed by atoms with E-state index in [1.165, 1.54) is 4.90 Å². The van der Waals surface area contributed by atoms with Gasteiger partial charge in [-0.05, 0) is 38.5 Å². The minimum atomic E-state index is -1.20. The van der Waals surface area contributed by atoms with E-state index in [1.807, 2.05) is 0 Å². The molecule has 3 fully saturated rings. The molecule has 5 atom stereocenters. The summed E-state index contributed by atoms with van der Waals surface area (Å²) in [5.74, 6) is -3.85. The van der Waals surface area contributed by atoms with Crippen molar-refractivity contribution in [2.75, 3.05) is 6.54 Å². The van der Waals surface area contributed by atoms with E-state index < -0.39 is 69.0 Å². The molecule has 0 bridgehead atoms. The van der Waals surface area contributed by atoms with Crippen molar-refractivity contribution in [1.82, 2.24) is 15.5 Å². The number of likely N-dealkylation sites (tertiary alicyclic amines) is 1. The van der Waals surface area contributed by atoms with E-state index in [0.717, 1.165) is 19.3 Å². The first-order valence-corrected chi connectivity index (χ1v) is 13.4. The molecule has 0 radical (unpaired) electrons. The Hall–Kier alpha value is -2.07. The van der Waals surface area contributed by atoms with E-state index in [9.17, 15) is 24.0 Å². The third-order valence-electron chi connectivity index (χ3n) is 7.33. The van der Waals surface area contributed by atoms with Gasteiger partial charge in [0.05, 0.1) is 6.04 Å². The third-order valence-corrected chi connectivity index (χ3v) is 8.39. The van der Waals surface area contributed by atoms with Crippen LogP contribution in [0.5, 0.6) is 0 Å². The third kappa shape index (κ3) is 6.50. The summed E-state index contributed by atoms with van der Waals surface area (Å²) in [5.41, 5.74) is 3.74. The van der Waals surface area contributed by atoms with Gasteiger partial charge in [0, 0.05) is 18.4 Å². The number of fused-ring (bicyclic) bond motifs is 1. The van der Waals surface area contributed by atoms with Crippen LogP contribution in [0.4, 0.5) is 4.79 Å². The van der Waals surface area contributed by atoms with Gasteiger partial charge in [0.1, 0.15) is 22.0 Å². The number of primary amides is 1. The lowest BCUT2D eigenvalue weighted by atomic mass is 9.80. The highest BCUT2D eigenvalue weighted by atomic mass is 35.5. The topological polar surface area (TPSA) is 148 Å². The Labute approximate surface area is 227 Å². The van der Waals surface area contributed by atoms with E-state index >= 15 is 0 Å². The zero-order chi connectivity index (χ0) is 28.1. The van der Waals surface area contributed by atoms with Gasteiger partial charge in [-0.15, -0.1) is 23.2 Å². The van der Waals surface area contributed by atoms with E-state index in [-0.39, 0.29) is 18.4 Å². The molecular weight excluding hydrogens is 523 g/mol. The Bertz CT molecular complexity index is 969. The minimum absolute atomic E-state index is 0.105. The molecule has 10 nitrogen and oxygen atoms in total. The first-order chi connectivity index (χ1) is 16.8. The molecule has 0 aromatic carbocycles. The summed E-state index contributed by atoms with van der Waals surface area (Å²) in [6.45, 7) is 10.6. The van der Waals surface area contributed by atoms with Gasteiger partial charge >= 0.3 is 6.09 Å². The molecule has 4 amide bonds. The van der Waals surface area contributed by atoms with Crippen molar-refractivity contribution >= 4 is 52.8 Å². The second kappa shape index (κ2) is 10.2. The zero-order valence-electron chi connectivity index (χ0n) is 22.2. The Morgan fingerprint density at radius 2 is 1.65 bits per heavy atom. The van der Waals surface area contributed by atoms with E-state index in [2.05, 4.69) is 10.6 Å². The van der Waals surface area contributed by atoms with Gasteiger partial charge in [-0.25, -0.2) is 4.79 Å². The Morgan fingerprint density at radius 3 is 2.11 bits per heavy atom. The molecule has 0 aromatic heterocycles. The van der Waals surface area contributed by atoms with Crippen LogP contribution in [-0.2, 0) is 23.9 Å². The number of piperidine rings is 1. The number of alkyl halides is 2. The zero-order valence-corrected chi connectivity index (χ0v) is 23.7. The van der Waals surface area contributed by atoms with Crippen molar-refractivity contribution < 1.29 is 28.7 Å². The SMILES string of the molecule is CC(C)(C)OC(=O)N[C@H](C(=O)N1C[C@H]2[C@@H]([C@H]1C(=O)N[C@@H](CC1CCC1)C(=O)C(N)=O)C2(Cl)Cl)C(C)(C)C. The van der Waals surface area contributed by atoms with Crippen molar-refractivity contribution in [3.8, 4) is 0 Å². The van der Waals surface area contributed by atoms with Crippen LogP contribution in [0.3, 0.4) is 0 Å². The van der Waals surface area contributed by atoms with Gasteiger partial charge in [0.25, 0.3) is 5.91 Å². The van der Waals surface area contributed by atoms with Gasteiger partial charge in [0.15, 0.2) is 0 Å². The van der Waals surface area contributed by atoms with Crippen molar-refractivity contribution in [3.05, 3.63) is 0 Å². The number of rotatable bonds is 8. The lowest BCUT2D eigenvalue weighted by Crippen LogP contribution is -2.61. The Kier molecular flexibility index (Phi) is 8.16. The Balaban J connectivity index is 1.83. The monoisotopic (exact) mass is 560 g/mol. The van der Waals surface area contributed by atoms with Crippen molar-refractivity contribution in [2.24, 2.45) is 28.9 Å². The lowest BCUT2D eigenvalue weighted by molar-refractivity contribution is -0.144. The van der Waals surface area contributed by atoms with Crippen LogP contribution in [0.1, 0.15) is 67.2 Å². The molecule has 2 aliphatic carbocycles. The smallest absolute Gasteiger partial charge is 0.408 e. The maximum absolute atomic E-state index is 13.8. The van der Waals surface area contributed by atoms with Crippen LogP contribution in [0.15, 0.2) is 0 Å². The standard InChI is InChI=1S/C25H38Cl2N4O6/c1-23(2,3)18(30-22(36)37-24(4,5)6)21(35)31-11-13-15(25(13,26)27)16(31)20(34)29-14(17(32)19(28)33)10-12-8-7-9-12/h12-16,18H,7-11H2,1-6H3,(H2,28,33)(H,29,34)(H,30,36)/t13-,14-,15-,16-,18+/m0/s1. The first kappa shape index (κ1) is 29.5. The summed E-state index contributed by atoms with van der Waals surface area (Å²) in [6, 6.07) is -3.20. The summed E-state index contributed by atoms with van der Waals surface area (Å²) < 4.78 is 4.14. The first-order valence-electron chi connectivity index (χ1n) is 12.7. The predicted octanol–water partition coefficient (Wildman–Crippen LogP) is 2.29. The van der Waals surface area contributed by atoms with Crippen LogP contribution >= 0.6 is 23.2 Å². The number of nitrogens with zero attached hydrogens (tertiary/aromatic N) is 1. The normalized spacial score (nSPS) is 26.3. The molecular formula is C25H38Cl2N4O6. The van der Waals surface area contributed by atoms with Crippen LogP contribution in [0.2, 0.25) is 0 Å². The van der Waals surface area contributed by atoms with Gasteiger partial charge in [-0.1, -0.05) is 40.0 Å². The molecule has 0 spiro atoms.